The van der Waals surface area contributed by atoms with Crippen molar-refractivity contribution in [3.63, 3.8) is 0 Å². The highest BCUT2D eigenvalue weighted by atomic mass is 15.1. The largest absolute Gasteiger partial charge is 0.329 e. The first-order valence-electron chi connectivity index (χ1n) is 4.74. The van der Waals surface area contributed by atoms with Gasteiger partial charge in [0.05, 0.1) is 0 Å². The van der Waals surface area contributed by atoms with Crippen molar-refractivity contribution in [1.29, 1.82) is 0 Å². The summed E-state index contributed by atoms with van der Waals surface area (Å²) in [5.74, 6) is 0. The molecule has 0 aliphatic rings. The van der Waals surface area contributed by atoms with Crippen LogP contribution in [-0.2, 0) is 0 Å². The van der Waals surface area contributed by atoms with Gasteiger partial charge in [-0.2, -0.15) is 0 Å². The van der Waals surface area contributed by atoms with Gasteiger partial charge < -0.3 is 21.7 Å². The summed E-state index contributed by atoms with van der Waals surface area (Å²) in [6.45, 7) is 7.77. The van der Waals surface area contributed by atoms with Gasteiger partial charge in [0.2, 0.25) is 0 Å². The highest BCUT2D eigenvalue weighted by Gasteiger charge is 1.85. The van der Waals surface area contributed by atoms with Gasteiger partial charge in [-0.1, -0.05) is 6.92 Å². The molecule has 4 heteroatoms. The van der Waals surface area contributed by atoms with E-state index < -0.39 is 0 Å². The van der Waals surface area contributed by atoms with Crippen LogP contribution in [0.25, 0.3) is 0 Å². The first kappa shape index (κ1) is 11.8. The van der Waals surface area contributed by atoms with Crippen molar-refractivity contribution in [3.8, 4) is 0 Å². The molecule has 0 rings (SSSR count). The van der Waals surface area contributed by atoms with E-state index in [4.69, 9.17) is 5.73 Å². The molecule has 12 heavy (non-hydrogen) atoms. The molecular weight excluding hydrogens is 152 g/mol. The fraction of sp³-hybridized carbons (Fsp3) is 1.00. The molecule has 0 aliphatic heterocycles. The van der Waals surface area contributed by atoms with Crippen LogP contribution < -0.4 is 21.7 Å². The fourth-order valence-corrected chi connectivity index (χ4v) is 0.846. The molecule has 0 saturated heterocycles. The number of hydrogen-bond acceptors (Lipinski definition) is 4. The Bertz CT molecular complexity index is 67.5. The SMILES string of the molecule is CCCNCCNCNCCN. The van der Waals surface area contributed by atoms with E-state index in [0.29, 0.717) is 6.54 Å². The van der Waals surface area contributed by atoms with E-state index in [9.17, 15) is 0 Å². The van der Waals surface area contributed by atoms with Gasteiger partial charge >= 0.3 is 0 Å². The van der Waals surface area contributed by atoms with E-state index in [1.807, 2.05) is 0 Å². The highest BCUT2D eigenvalue weighted by Crippen LogP contribution is 1.67. The quantitative estimate of drug-likeness (QED) is 0.270. The summed E-state index contributed by atoms with van der Waals surface area (Å²) in [6.07, 6.45) is 1.20. The molecule has 0 fully saturated rings. The number of nitrogens with one attached hydrogen (secondary N) is 3. The third kappa shape index (κ3) is 9.84. The second-order valence-corrected chi connectivity index (χ2v) is 2.72. The number of rotatable bonds is 9. The van der Waals surface area contributed by atoms with Crippen molar-refractivity contribution in [2.24, 2.45) is 5.73 Å². The molecule has 5 N–H and O–H groups in total. The molecule has 0 saturated carbocycles. The molecule has 0 bridgehead atoms. The normalized spacial score (nSPS) is 10.5. The van der Waals surface area contributed by atoms with Crippen LogP contribution in [0.5, 0.6) is 0 Å². The Morgan fingerprint density at radius 2 is 1.58 bits per heavy atom. The lowest BCUT2D eigenvalue weighted by atomic mass is 10.5. The maximum atomic E-state index is 5.31. The summed E-state index contributed by atoms with van der Waals surface area (Å²) in [7, 11) is 0. The molecule has 0 aromatic rings. The van der Waals surface area contributed by atoms with Crippen LogP contribution in [0.1, 0.15) is 13.3 Å². The maximum absolute atomic E-state index is 5.31. The van der Waals surface area contributed by atoms with Gasteiger partial charge in [-0.05, 0) is 13.0 Å². The average molecular weight is 174 g/mol. The molecule has 74 valence electrons. The van der Waals surface area contributed by atoms with E-state index in [0.717, 1.165) is 32.8 Å². The lowest BCUT2D eigenvalue weighted by Crippen LogP contribution is -2.36. The molecule has 4 nitrogen and oxygen atoms in total. The fourth-order valence-electron chi connectivity index (χ4n) is 0.846. The molecule has 0 aliphatic carbocycles. The van der Waals surface area contributed by atoms with E-state index >= 15 is 0 Å². The number of nitrogens with two attached hydrogens (primary N) is 1. The predicted molar refractivity (Wildman–Crippen MR) is 53.1 cm³/mol. The van der Waals surface area contributed by atoms with Crippen LogP contribution >= 0.6 is 0 Å². The van der Waals surface area contributed by atoms with Crippen LogP contribution in [0.3, 0.4) is 0 Å². The minimum absolute atomic E-state index is 0.704. The van der Waals surface area contributed by atoms with Crippen molar-refractivity contribution in [2.75, 3.05) is 39.4 Å². The van der Waals surface area contributed by atoms with Gasteiger partial charge in [0.25, 0.3) is 0 Å². The summed E-state index contributed by atoms with van der Waals surface area (Å²) in [4.78, 5) is 0. The van der Waals surface area contributed by atoms with E-state index in [1.165, 1.54) is 6.42 Å². The summed E-state index contributed by atoms with van der Waals surface area (Å²) in [6, 6.07) is 0. The zero-order valence-corrected chi connectivity index (χ0v) is 8.03. The molecule has 0 heterocycles. The van der Waals surface area contributed by atoms with E-state index in [-0.39, 0.29) is 0 Å². The molecular formula is C8H22N4. The second kappa shape index (κ2) is 10.8. The molecule has 0 radical (unpaired) electrons. The lowest BCUT2D eigenvalue weighted by molar-refractivity contribution is 0.560. The third-order valence-electron chi connectivity index (χ3n) is 1.48. The summed E-state index contributed by atoms with van der Waals surface area (Å²) in [5.41, 5.74) is 5.31. The standard InChI is InChI=1S/C8H22N4/c1-2-4-10-6-7-12-8-11-5-3-9/h10-12H,2-9H2,1H3. The van der Waals surface area contributed by atoms with E-state index in [2.05, 4.69) is 22.9 Å². The van der Waals surface area contributed by atoms with Crippen LogP contribution in [0, 0.1) is 0 Å². The minimum Gasteiger partial charge on any atom is -0.329 e. The minimum atomic E-state index is 0.704. The molecule has 0 aromatic carbocycles. The molecule has 0 aromatic heterocycles. The Morgan fingerprint density at radius 3 is 2.25 bits per heavy atom. The first-order valence-corrected chi connectivity index (χ1v) is 4.74. The van der Waals surface area contributed by atoms with Crippen molar-refractivity contribution in [3.05, 3.63) is 0 Å². The Balaban J connectivity index is 2.73. The Kier molecular flexibility index (Phi) is 10.7. The van der Waals surface area contributed by atoms with E-state index in [1.54, 1.807) is 0 Å². The van der Waals surface area contributed by atoms with Gasteiger partial charge in [-0.3, -0.25) is 0 Å². The van der Waals surface area contributed by atoms with Crippen LogP contribution in [0.15, 0.2) is 0 Å². The van der Waals surface area contributed by atoms with Crippen LogP contribution in [-0.4, -0.2) is 39.4 Å². The monoisotopic (exact) mass is 174 g/mol. The molecule has 0 amide bonds. The van der Waals surface area contributed by atoms with Crippen molar-refractivity contribution in [1.82, 2.24) is 16.0 Å². The van der Waals surface area contributed by atoms with Gasteiger partial charge in [0.1, 0.15) is 0 Å². The topological polar surface area (TPSA) is 62.1 Å². The average Bonchev–Trinajstić information content (AvgIpc) is 2.10. The highest BCUT2D eigenvalue weighted by molar-refractivity contribution is 4.50. The molecule has 0 atom stereocenters. The summed E-state index contributed by atoms with van der Waals surface area (Å²) >= 11 is 0. The predicted octanol–water partition coefficient (Wildman–Crippen LogP) is -0.919. The lowest BCUT2D eigenvalue weighted by Gasteiger charge is -2.06. The summed E-state index contributed by atoms with van der Waals surface area (Å²) in [5, 5.41) is 9.72. The zero-order valence-electron chi connectivity index (χ0n) is 8.03. The summed E-state index contributed by atoms with van der Waals surface area (Å²) < 4.78 is 0. The van der Waals surface area contributed by atoms with Crippen LogP contribution in [0.2, 0.25) is 0 Å². The second-order valence-electron chi connectivity index (χ2n) is 2.72. The van der Waals surface area contributed by atoms with Gasteiger partial charge in [-0.25, -0.2) is 0 Å². The first-order chi connectivity index (χ1) is 5.91. The Morgan fingerprint density at radius 1 is 0.917 bits per heavy atom. The van der Waals surface area contributed by atoms with Crippen molar-refractivity contribution < 1.29 is 0 Å². The van der Waals surface area contributed by atoms with Crippen molar-refractivity contribution in [2.45, 2.75) is 13.3 Å². The van der Waals surface area contributed by atoms with Crippen LogP contribution in [0.4, 0.5) is 0 Å². The van der Waals surface area contributed by atoms with Gasteiger partial charge in [-0.15, -0.1) is 0 Å². The maximum Gasteiger partial charge on any atom is 0.0455 e. The Labute approximate surface area is 75.3 Å². The van der Waals surface area contributed by atoms with Gasteiger partial charge in [0.15, 0.2) is 0 Å². The third-order valence-corrected chi connectivity index (χ3v) is 1.48. The molecule has 0 spiro atoms. The Hall–Kier alpha value is -0.160. The van der Waals surface area contributed by atoms with Crippen molar-refractivity contribution >= 4 is 0 Å². The van der Waals surface area contributed by atoms with Gasteiger partial charge in [0, 0.05) is 32.8 Å². The molecule has 0 unspecified atom stereocenters. The number of hydrogen-bond donors (Lipinski definition) is 4. The smallest absolute Gasteiger partial charge is 0.0455 e. The zero-order chi connectivity index (χ0) is 9.07.